The summed E-state index contributed by atoms with van der Waals surface area (Å²) in [5.74, 6) is 0. The van der Waals surface area contributed by atoms with Crippen molar-refractivity contribution in [1.82, 2.24) is 15.0 Å². The summed E-state index contributed by atoms with van der Waals surface area (Å²) < 4.78 is 41.3. The summed E-state index contributed by atoms with van der Waals surface area (Å²) in [5, 5.41) is 7.74. The zero-order chi connectivity index (χ0) is 12.9. The van der Waals surface area contributed by atoms with Crippen LogP contribution in [0.15, 0.2) is 6.20 Å². The van der Waals surface area contributed by atoms with E-state index in [1.807, 2.05) is 6.92 Å². The predicted octanol–water partition coefficient (Wildman–Crippen LogP) is 2.70. The van der Waals surface area contributed by atoms with Gasteiger partial charge in [-0.15, -0.1) is 5.10 Å². The molecule has 0 saturated carbocycles. The number of aromatic nitrogens is 3. The van der Waals surface area contributed by atoms with Crippen molar-refractivity contribution in [2.75, 3.05) is 13.2 Å². The van der Waals surface area contributed by atoms with Gasteiger partial charge in [0.15, 0.2) is 0 Å². The van der Waals surface area contributed by atoms with Gasteiger partial charge in [0.05, 0.1) is 10.5 Å². The maximum Gasteiger partial charge on any atom is 0.411 e. The molecule has 0 N–H and O–H groups in total. The van der Waals surface area contributed by atoms with Gasteiger partial charge in [-0.2, -0.15) is 13.2 Å². The highest BCUT2D eigenvalue weighted by Crippen LogP contribution is 2.18. The number of nitrogens with zero attached hydrogens (tertiary/aromatic N) is 3. The van der Waals surface area contributed by atoms with Crippen LogP contribution in [0.3, 0.4) is 0 Å². The first-order valence-corrected chi connectivity index (χ1v) is 5.98. The minimum Gasteiger partial charge on any atom is -0.372 e. The van der Waals surface area contributed by atoms with E-state index in [2.05, 4.69) is 31.0 Å². The van der Waals surface area contributed by atoms with Crippen LogP contribution in [0.2, 0.25) is 0 Å². The summed E-state index contributed by atoms with van der Waals surface area (Å²) in [6, 6.07) is 0. The van der Waals surface area contributed by atoms with Crippen molar-refractivity contribution in [3.05, 3.63) is 11.9 Å². The molecule has 1 aromatic rings. The minimum atomic E-state index is -4.26. The normalized spacial score (nSPS) is 13.9. The van der Waals surface area contributed by atoms with E-state index in [0.717, 1.165) is 5.69 Å². The molecule has 0 radical (unpaired) electrons. The molecule has 0 aliphatic rings. The second-order valence-corrected chi connectivity index (χ2v) is 4.92. The molecule has 0 spiro atoms. The van der Waals surface area contributed by atoms with Gasteiger partial charge in [0.2, 0.25) is 0 Å². The van der Waals surface area contributed by atoms with Gasteiger partial charge in [0.1, 0.15) is 6.61 Å². The molecule has 1 heterocycles. The Morgan fingerprint density at radius 2 is 2.24 bits per heavy atom. The van der Waals surface area contributed by atoms with Crippen LogP contribution < -0.4 is 0 Å². The molecule has 0 aliphatic heterocycles. The minimum absolute atomic E-state index is 0.0541. The molecular weight excluding hydrogens is 303 g/mol. The first-order valence-electron chi connectivity index (χ1n) is 5.07. The Bertz CT molecular complexity index is 340. The van der Waals surface area contributed by atoms with Gasteiger partial charge in [-0.3, -0.25) is 4.68 Å². The molecule has 17 heavy (non-hydrogen) atoms. The lowest BCUT2D eigenvalue weighted by Gasteiger charge is -2.07. The molecule has 4 nitrogen and oxygen atoms in total. The molecule has 1 atom stereocenters. The third-order valence-electron chi connectivity index (χ3n) is 1.91. The fraction of sp³-hybridized carbons (Fsp3) is 0.778. The Hall–Kier alpha value is -0.630. The molecule has 0 bridgehead atoms. The molecule has 0 fully saturated rings. The number of rotatable bonds is 6. The second kappa shape index (κ2) is 6.34. The van der Waals surface area contributed by atoms with Gasteiger partial charge in [-0.1, -0.05) is 21.1 Å². The molecule has 98 valence electrons. The number of hydrogen-bond acceptors (Lipinski definition) is 3. The number of alkyl halides is 4. The molecule has 0 aliphatic carbocycles. The number of aryl methyl sites for hydroxylation is 1. The highest BCUT2D eigenvalue weighted by Gasteiger charge is 2.27. The average molecular weight is 316 g/mol. The topological polar surface area (TPSA) is 39.9 Å². The first kappa shape index (κ1) is 14.4. The van der Waals surface area contributed by atoms with Crippen LogP contribution in [0.25, 0.3) is 0 Å². The summed E-state index contributed by atoms with van der Waals surface area (Å²) in [7, 11) is 0. The van der Waals surface area contributed by atoms with E-state index >= 15 is 0 Å². The first-order chi connectivity index (χ1) is 7.88. The Labute approximate surface area is 105 Å². The highest BCUT2D eigenvalue weighted by atomic mass is 79.9. The standard InChI is InChI=1S/C9H13BrF3N3O/c1-7(10)8-5-16(15-14-8)3-2-4-17-6-9(11,12)13/h5,7H,2-4,6H2,1H3. The highest BCUT2D eigenvalue weighted by molar-refractivity contribution is 9.09. The maximum absolute atomic E-state index is 11.7. The summed E-state index contributed by atoms with van der Waals surface area (Å²) in [4.78, 5) is 0.109. The Kier molecular flexibility index (Phi) is 5.38. The molecule has 0 aromatic carbocycles. The smallest absolute Gasteiger partial charge is 0.372 e. The van der Waals surface area contributed by atoms with E-state index in [9.17, 15) is 13.2 Å². The van der Waals surface area contributed by atoms with E-state index in [1.54, 1.807) is 10.9 Å². The van der Waals surface area contributed by atoms with Crippen molar-refractivity contribution in [3.63, 3.8) is 0 Å². The van der Waals surface area contributed by atoms with Crippen LogP contribution in [0.5, 0.6) is 0 Å². The third kappa shape index (κ3) is 6.02. The van der Waals surface area contributed by atoms with Crippen LogP contribution in [0.4, 0.5) is 13.2 Å². The maximum atomic E-state index is 11.7. The molecule has 1 aromatic heterocycles. The summed E-state index contributed by atoms with van der Waals surface area (Å²) in [6.07, 6.45) is -2.04. The van der Waals surface area contributed by atoms with E-state index in [1.165, 1.54) is 0 Å². The number of halogens is 4. The van der Waals surface area contributed by atoms with Gasteiger partial charge >= 0.3 is 6.18 Å². The summed E-state index contributed by atoms with van der Waals surface area (Å²) in [5.41, 5.74) is 0.793. The lowest BCUT2D eigenvalue weighted by atomic mass is 10.4. The Balaban J connectivity index is 2.18. The van der Waals surface area contributed by atoms with Gasteiger partial charge in [0, 0.05) is 19.3 Å². The van der Waals surface area contributed by atoms with Crippen LogP contribution >= 0.6 is 15.9 Å². The fourth-order valence-electron chi connectivity index (χ4n) is 1.12. The van der Waals surface area contributed by atoms with Crippen LogP contribution in [-0.2, 0) is 11.3 Å². The van der Waals surface area contributed by atoms with Crippen LogP contribution in [0.1, 0.15) is 23.9 Å². The molecule has 0 saturated heterocycles. The van der Waals surface area contributed by atoms with Crippen molar-refractivity contribution in [2.45, 2.75) is 30.9 Å². The Morgan fingerprint density at radius 1 is 1.53 bits per heavy atom. The van der Waals surface area contributed by atoms with Crippen molar-refractivity contribution in [2.24, 2.45) is 0 Å². The van der Waals surface area contributed by atoms with Crippen LogP contribution in [-0.4, -0.2) is 34.4 Å². The molecule has 1 unspecified atom stereocenters. The zero-order valence-corrected chi connectivity index (χ0v) is 10.8. The third-order valence-corrected chi connectivity index (χ3v) is 2.37. The van der Waals surface area contributed by atoms with Gasteiger partial charge in [-0.25, -0.2) is 0 Å². The lowest BCUT2D eigenvalue weighted by molar-refractivity contribution is -0.174. The predicted molar refractivity (Wildman–Crippen MR) is 58.9 cm³/mol. The summed E-state index contributed by atoms with van der Waals surface area (Å²) >= 11 is 3.35. The second-order valence-electron chi connectivity index (χ2n) is 3.54. The molecular formula is C9H13BrF3N3O. The SMILES string of the molecule is CC(Br)c1cn(CCCOCC(F)(F)F)nn1. The lowest BCUT2D eigenvalue weighted by Crippen LogP contribution is -2.17. The monoisotopic (exact) mass is 315 g/mol. The van der Waals surface area contributed by atoms with E-state index in [4.69, 9.17) is 0 Å². The molecule has 8 heteroatoms. The largest absolute Gasteiger partial charge is 0.411 e. The van der Waals surface area contributed by atoms with Crippen LogP contribution in [0, 0.1) is 0 Å². The Morgan fingerprint density at radius 3 is 2.76 bits per heavy atom. The molecule has 1 rings (SSSR count). The average Bonchev–Trinajstić information content (AvgIpc) is 2.64. The summed E-state index contributed by atoms with van der Waals surface area (Å²) in [6.45, 7) is 1.26. The van der Waals surface area contributed by atoms with Crippen molar-refractivity contribution in [1.29, 1.82) is 0 Å². The number of hydrogen-bond donors (Lipinski definition) is 0. The zero-order valence-electron chi connectivity index (χ0n) is 9.24. The van der Waals surface area contributed by atoms with Gasteiger partial charge < -0.3 is 4.74 Å². The van der Waals surface area contributed by atoms with Crippen molar-refractivity contribution >= 4 is 15.9 Å². The van der Waals surface area contributed by atoms with E-state index in [0.29, 0.717) is 13.0 Å². The molecule has 0 amide bonds. The van der Waals surface area contributed by atoms with E-state index in [-0.39, 0.29) is 11.4 Å². The quantitative estimate of drug-likeness (QED) is 0.598. The van der Waals surface area contributed by atoms with Crippen molar-refractivity contribution < 1.29 is 17.9 Å². The van der Waals surface area contributed by atoms with Crippen molar-refractivity contribution in [3.8, 4) is 0 Å². The number of ether oxygens (including phenoxy) is 1. The fourth-order valence-corrected chi connectivity index (χ4v) is 1.33. The van der Waals surface area contributed by atoms with Gasteiger partial charge in [0.25, 0.3) is 0 Å². The van der Waals surface area contributed by atoms with E-state index < -0.39 is 12.8 Å². The van der Waals surface area contributed by atoms with Gasteiger partial charge in [-0.05, 0) is 13.3 Å².